The molecule has 0 amide bonds. The molecule has 0 saturated carbocycles. The summed E-state index contributed by atoms with van der Waals surface area (Å²) in [6.07, 6.45) is 9.67. The smallest absolute Gasteiger partial charge is 0.225 e. The van der Waals surface area contributed by atoms with Gasteiger partial charge in [-0.15, -0.1) is 0 Å². The van der Waals surface area contributed by atoms with E-state index in [4.69, 9.17) is 9.47 Å². The van der Waals surface area contributed by atoms with E-state index in [1.807, 2.05) is 36.3 Å². The average Bonchev–Trinajstić information content (AvgIpc) is 3.17. The van der Waals surface area contributed by atoms with Gasteiger partial charge in [0, 0.05) is 31.3 Å². The molecule has 0 aromatic carbocycles. The lowest BCUT2D eigenvalue weighted by Gasteiger charge is -2.32. The van der Waals surface area contributed by atoms with Crippen LogP contribution in [0.1, 0.15) is 18.4 Å². The normalized spacial score (nSPS) is 27.5. The molecule has 2 aliphatic rings. The molecule has 4 heterocycles. The van der Waals surface area contributed by atoms with Gasteiger partial charge in [-0.3, -0.25) is 4.68 Å². The van der Waals surface area contributed by atoms with Crippen molar-refractivity contribution in [1.29, 1.82) is 0 Å². The van der Waals surface area contributed by atoms with E-state index in [0.717, 1.165) is 44.0 Å². The summed E-state index contributed by atoms with van der Waals surface area (Å²) in [7, 11) is 0. The minimum absolute atomic E-state index is 0.174. The lowest BCUT2D eigenvalue weighted by atomic mass is 10.0. The van der Waals surface area contributed by atoms with E-state index in [1.54, 1.807) is 6.20 Å². The van der Waals surface area contributed by atoms with Crippen molar-refractivity contribution in [2.45, 2.75) is 38.0 Å². The molecule has 24 heavy (non-hydrogen) atoms. The van der Waals surface area contributed by atoms with Gasteiger partial charge >= 0.3 is 0 Å². The van der Waals surface area contributed by atoms with Crippen LogP contribution in [-0.4, -0.2) is 57.8 Å². The van der Waals surface area contributed by atoms with Gasteiger partial charge < -0.3 is 14.4 Å². The van der Waals surface area contributed by atoms with Crippen LogP contribution in [0.15, 0.2) is 30.9 Å². The fourth-order valence-electron chi connectivity index (χ4n) is 3.49. The number of aromatic nitrogens is 4. The molecule has 0 radical (unpaired) electrons. The molecule has 1 spiro atoms. The summed E-state index contributed by atoms with van der Waals surface area (Å²) in [6, 6.07) is 1.94. The molecular formula is C17H23N5O2. The Morgan fingerprint density at radius 3 is 3.00 bits per heavy atom. The average molecular weight is 329 g/mol. The summed E-state index contributed by atoms with van der Waals surface area (Å²) in [4.78, 5) is 11.1. The number of hydrogen-bond acceptors (Lipinski definition) is 6. The molecule has 2 aromatic rings. The van der Waals surface area contributed by atoms with Crippen LogP contribution in [0.3, 0.4) is 0 Å². The van der Waals surface area contributed by atoms with Crippen molar-refractivity contribution in [3.63, 3.8) is 0 Å². The van der Waals surface area contributed by atoms with Crippen molar-refractivity contribution < 1.29 is 9.47 Å². The van der Waals surface area contributed by atoms with Crippen molar-refractivity contribution >= 4 is 5.95 Å². The van der Waals surface area contributed by atoms with Crippen molar-refractivity contribution in [2.24, 2.45) is 0 Å². The van der Waals surface area contributed by atoms with Crippen LogP contribution in [0.5, 0.6) is 0 Å². The lowest BCUT2D eigenvalue weighted by Crippen LogP contribution is -2.45. The van der Waals surface area contributed by atoms with Crippen molar-refractivity contribution in [1.82, 2.24) is 19.7 Å². The molecule has 7 nitrogen and oxygen atoms in total. The Bertz CT molecular complexity index is 660. The van der Waals surface area contributed by atoms with Crippen LogP contribution < -0.4 is 4.90 Å². The third kappa shape index (κ3) is 3.27. The Balaban J connectivity index is 1.47. The molecule has 0 unspecified atom stereocenters. The highest BCUT2D eigenvalue weighted by atomic mass is 16.6. The molecule has 2 aliphatic heterocycles. The first kappa shape index (κ1) is 15.5. The van der Waals surface area contributed by atoms with E-state index in [-0.39, 0.29) is 11.7 Å². The Hall–Kier alpha value is -1.99. The highest BCUT2D eigenvalue weighted by Crippen LogP contribution is 2.34. The maximum Gasteiger partial charge on any atom is 0.225 e. The van der Waals surface area contributed by atoms with Crippen LogP contribution in [0.25, 0.3) is 0 Å². The van der Waals surface area contributed by atoms with Crippen LogP contribution in [0.2, 0.25) is 0 Å². The Kier molecular flexibility index (Phi) is 4.20. The van der Waals surface area contributed by atoms with Gasteiger partial charge in [-0.05, 0) is 31.4 Å². The first-order chi connectivity index (χ1) is 11.7. The molecular weight excluding hydrogens is 306 g/mol. The minimum atomic E-state index is -0.275. The highest BCUT2D eigenvalue weighted by Gasteiger charge is 2.43. The van der Waals surface area contributed by atoms with Crippen LogP contribution in [0.4, 0.5) is 5.95 Å². The lowest BCUT2D eigenvalue weighted by molar-refractivity contribution is -0.0807. The van der Waals surface area contributed by atoms with E-state index >= 15 is 0 Å². The van der Waals surface area contributed by atoms with Gasteiger partial charge in [0.15, 0.2) is 0 Å². The number of rotatable bonds is 3. The first-order valence-corrected chi connectivity index (χ1v) is 8.49. The SMILES string of the molecule is Cc1cnc(N2CCOC[C@@]3(CC[C@@H](Cn4cccn4)O3)C2)nc1. The fraction of sp³-hybridized carbons (Fsp3) is 0.588. The van der Waals surface area contributed by atoms with Crippen LogP contribution in [0, 0.1) is 6.92 Å². The molecule has 2 saturated heterocycles. The van der Waals surface area contributed by atoms with Crippen molar-refractivity contribution in [3.8, 4) is 0 Å². The quantitative estimate of drug-likeness (QED) is 0.849. The molecule has 2 atom stereocenters. The second kappa shape index (κ2) is 6.49. The number of hydrogen-bond donors (Lipinski definition) is 0. The Labute approximate surface area is 141 Å². The van der Waals surface area contributed by atoms with Crippen LogP contribution >= 0.6 is 0 Å². The van der Waals surface area contributed by atoms with Crippen molar-refractivity contribution in [3.05, 3.63) is 36.4 Å². The third-order valence-corrected chi connectivity index (χ3v) is 4.69. The summed E-state index contributed by atoms with van der Waals surface area (Å²) in [6.45, 7) is 5.65. The molecule has 2 fully saturated rings. The summed E-state index contributed by atoms with van der Waals surface area (Å²) >= 11 is 0. The Morgan fingerprint density at radius 1 is 1.33 bits per heavy atom. The van der Waals surface area contributed by atoms with E-state index in [0.29, 0.717) is 13.2 Å². The molecule has 0 aliphatic carbocycles. The molecule has 128 valence electrons. The summed E-state index contributed by atoms with van der Waals surface area (Å²) in [5.74, 6) is 0.754. The molecule has 4 rings (SSSR count). The summed E-state index contributed by atoms with van der Waals surface area (Å²) in [5, 5.41) is 4.28. The van der Waals surface area contributed by atoms with E-state index in [1.165, 1.54) is 0 Å². The minimum Gasteiger partial charge on any atom is -0.377 e. The van der Waals surface area contributed by atoms with Gasteiger partial charge in [0.25, 0.3) is 0 Å². The number of aryl methyl sites for hydroxylation is 1. The number of nitrogens with zero attached hydrogens (tertiary/aromatic N) is 5. The zero-order chi connectivity index (χ0) is 16.4. The third-order valence-electron chi connectivity index (χ3n) is 4.69. The summed E-state index contributed by atoms with van der Waals surface area (Å²) in [5.41, 5.74) is 0.790. The standard InChI is InChI=1S/C17H23N5O2/c1-14-9-18-16(19-10-14)21-7-8-23-13-17(12-21)4-3-15(24-17)11-22-6-2-5-20-22/h2,5-6,9-10,15H,3-4,7-8,11-13H2,1H3/t15-,17+/m0/s1. The molecule has 7 heteroatoms. The maximum atomic E-state index is 6.44. The second-order valence-electron chi connectivity index (χ2n) is 6.72. The van der Waals surface area contributed by atoms with Crippen molar-refractivity contribution in [2.75, 3.05) is 31.2 Å². The van der Waals surface area contributed by atoms with Gasteiger partial charge in [0.05, 0.1) is 32.4 Å². The topological polar surface area (TPSA) is 65.3 Å². The fourth-order valence-corrected chi connectivity index (χ4v) is 3.49. The van der Waals surface area contributed by atoms with Crippen LogP contribution in [-0.2, 0) is 16.0 Å². The molecule has 0 bridgehead atoms. The predicted molar refractivity (Wildman–Crippen MR) is 88.9 cm³/mol. The van der Waals surface area contributed by atoms with Gasteiger partial charge in [-0.25, -0.2) is 9.97 Å². The largest absolute Gasteiger partial charge is 0.377 e. The molecule has 0 N–H and O–H groups in total. The summed E-state index contributed by atoms with van der Waals surface area (Å²) < 4.78 is 14.2. The highest BCUT2D eigenvalue weighted by molar-refractivity contribution is 5.31. The predicted octanol–water partition coefficient (Wildman–Crippen LogP) is 1.44. The van der Waals surface area contributed by atoms with Gasteiger partial charge in [0.2, 0.25) is 5.95 Å². The number of anilines is 1. The van der Waals surface area contributed by atoms with E-state index in [9.17, 15) is 0 Å². The first-order valence-electron chi connectivity index (χ1n) is 8.49. The molecule has 2 aromatic heterocycles. The second-order valence-corrected chi connectivity index (χ2v) is 6.72. The monoisotopic (exact) mass is 329 g/mol. The zero-order valence-corrected chi connectivity index (χ0v) is 14.0. The Morgan fingerprint density at radius 2 is 2.21 bits per heavy atom. The van der Waals surface area contributed by atoms with Gasteiger partial charge in [-0.1, -0.05) is 0 Å². The van der Waals surface area contributed by atoms with Gasteiger partial charge in [0.1, 0.15) is 5.60 Å². The van der Waals surface area contributed by atoms with E-state index < -0.39 is 0 Å². The zero-order valence-electron chi connectivity index (χ0n) is 14.0. The number of ether oxygens (including phenoxy) is 2. The maximum absolute atomic E-state index is 6.44. The van der Waals surface area contributed by atoms with Gasteiger partial charge in [-0.2, -0.15) is 5.10 Å². The van der Waals surface area contributed by atoms with E-state index in [2.05, 4.69) is 20.0 Å².